The van der Waals surface area contributed by atoms with Crippen molar-refractivity contribution >= 4 is 17.3 Å². The van der Waals surface area contributed by atoms with Gasteiger partial charge in [-0.05, 0) is 6.42 Å². The zero-order valence-corrected chi connectivity index (χ0v) is 16.5. The quantitative estimate of drug-likeness (QED) is 0.333. The lowest BCUT2D eigenvalue weighted by Gasteiger charge is -2.07. The van der Waals surface area contributed by atoms with Crippen LogP contribution in [0.3, 0.4) is 0 Å². The summed E-state index contributed by atoms with van der Waals surface area (Å²) in [7, 11) is 0. The molecule has 1 rings (SSSR count). The van der Waals surface area contributed by atoms with Gasteiger partial charge in [-0.15, -0.1) is 11.3 Å². The van der Waals surface area contributed by atoms with Gasteiger partial charge in [0.1, 0.15) is 11.1 Å². The summed E-state index contributed by atoms with van der Waals surface area (Å²) in [6.45, 7) is 2.26. The van der Waals surface area contributed by atoms with E-state index < -0.39 is 12.1 Å². The molecule has 1 unspecified atom stereocenters. The van der Waals surface area contributed by atoms with Gasteiger partial charge in [0.05, 0.1) is 0 Å². The lowest BCUT2D eigenvalue weighted by atomic mass is 10.0. The molecule has 0 radical (unpaired) electrons. The van der Waals surface area contributed by atoms with Crippen molar-refractivity contribution in [3.05, 3.63) is 16.1 Å². The Balaban J connectivity index is 1.90. The summed E-state index contributed by atoms with van der Waals surface area (Å²) < 4.78 is 0. The molecule has 1 atom stereocenters. The first-order valence-electron chi connectivity index (χ1n) is 10.0. The maximum atomic E-state index is 10.8. The minimum absolute atomic E-state index is 0.0319. The van der Waals surface area contributed by atoms with Gasteiger partial charge >= 0.3 is 5.97 Å². The number of aliphatic hydroxyl groups is 1. The zero-order valence-electron chi connectivity index (χ0n) is 15.7. The Labute approximate surface area is 156 Å². The molecule has 0 saturated heterocycles. The van der Waals surface area contributed by atoms with Crippen molar-refractivity contribution < 1.29 is 15.0 Å². The Hall–Kier alpha value is -0.940. The van der Waals surface area contributed by atoms with E-state index in [2.05, 4.69) is 11.9 Å². The minimum atomic E-state index is -1.03. The highest BCUT2D eigenvalue weighted by molar-refractivity contribution is 7.09. The van der Waals surface area contributed by atoms with E-state index in [1.165, 1.54) is 87.3 Å². The Morgan fingerprint density at radius 1 is 0.960 bits per heavy atom. The number of hydrogen-bond acceptors (Lipinski definition) is 4. The minimum Gasteiger partial charge on any atom is -0.476 e. The zero-order chi connectivity index (χ0) is 18.3. The molecule has 1 aromatic rings. The van der Waals surface area contributed by atoms with Crippen LogP contribution in [0.15, 0.2) is 5.38 Å². The monoisotopic (exact) mass is 369 g/mol. The number of carboxylic acids is 1. The second-order valence-corrected chi connectivity index (χ2v) is 7.81. The summed E-state index contributed by atoms with van der Waals surface area (Å²) in [5.41, 5.74) is 0.0319. The number of aromatic nitrogens is 1. The number of thiazole rings is 1. The first kappa shape index (κ1) is 22.1. The average molecular weight is 370 g/mol. The maximum absolute atomic E-state index is 10.8. The fourth-order valence-corrected chi connectivity index (χ4v) is 3.83. The molecular formula is C20H35NO3S. The Bertz CT molecular complexity index is 462. The molecule has 0 aliphatic carbocycles. The van der Waals surface area contributed by atoms with Crippen LogP contribution in [-0.2, 0) is 0 Å². The van der Waals surface area contributed by atoms with Crippen LogP contribution in [0.2, 0.25) is 0 Å². The van der Waals surface area contributed by atoms with E-state index in [1.54, 1.807) is 0 Å². The molecule has 0 aliphatic heterocycles. The van der Waals surface area contributed by atoms with Crippen molar-refractivity contribution in [1.82, 2.24) is 4.98 Å². The molecule has 0 aromatic carbocycles. The van der Waals surface area contributed by atoms with E-state index in [9.17, 15) is 9.90 Å². The second kappa shape index (κ2) is 14.3. The van der Waals surface area contributed by atoms with Crippen LogP contribution in [0.5, 0.6) is 0 Å². The Morgan fingerprint density at radius 3 is 1.88 bits per heavy atom. The van der Waals surface area contributed by atoms with Gasteiger partial charge in [0.15, 0.2) is 5.69 Å². The van der Waals surface area contributed by atoms with Crippen molar-refractivity contribution in [3.8, 4) is 0 Å². The fraction of sp³-hybridized carbons (Fsp3) is 0.800. The molecule has 1 aromatic heterocycles. The van der Waals surface area contributed by atoms with E-state index in [1.807, 2.05) is 0 Å². The van der Waals surface area contributed by atoms with Gasteiger partial charge in [-0.25, -0.2) is 9.78 Å². The van der Waals surface area contributed by atoms with Crippen LogP contribution < -0.4 is 0 Å². The SMILES string of the molecule is CCCCCCCCCCCCCCCC(O)c1nc(C(=O)O)cs1. The number of carbonyl (C=O) groups is 1. The summed E-state index contributed by atoms with van der Waals surface area (Å²) in [6.07, 6.45) is 17.0. The van der Waals surface area contributed by atoms with E-state index >= 15 is 0 Å². The average Bonchev–Trinajstić information content (AvgIpc) is 3.09. The number of aromatic carboxylic acids is 1. The van der Waals surface area contributed by atoms with Crippen LogP contribution in [0, 0.1) is 0 Å². The predicted molar refractivity (Wildman–Crippen MR) is 104 cm³/mol. The molecule has 0 bridgehead atoms. The molecule has 1 heterocycles. The summed E-state index contributed by atoms with van der Waals surface area (Å²) >= 11 is 1.23. The summed E-state index contributed by atoms with van der Waals surface area (Å²) in [5, 5.41) is 20.9. The van der Waals surface area contributed by atoms with Crippen LogP contribution in [0.1, 0.15) is 118 Å². The predicted octanol–water partition coefficient (Wildman–Crippen LogP) is 6.36. The molecule has 4 nitrogen and oxygen atoms in total. The van der Waals surface area contributed by atoms with Crippen LogP contribution >= 0.6 is 11.3 Å². The van der Waals surface area contributed by atoms with Crippen LogP contribution in [0.25, 0.3) is 0 Å². The molecule has 2 N–H and O–H groups in total. The summed E-state index contributed by atoms with van der Waals surface area (Å²) in [6, 6.07) is 0. The van der Waals surface area contributed by atoms with Gasteiger partial charge in [-0.2, -0.15) is 0 Å². The van der Waals surface area contributed by atoms with Crippen LogP contribution in [-0.4, -0.2) is 21.2 Å². The number of hydrogen-bond donors (Lipinski definition) is 2. The third kappa shape index (κ3) is 10.6. The third-order valence-electron chi connectivity index (χ3n) is 4.61. The fourth-order valence-electron chi connectivity index (χ4n) is 3.02. The van der Waals surface area contributed by atoms with Gasteiger partial charge in [0.25, 0.3) is 0 Å². The largest absolute Gasteiger partial charge is 0.476 e. The normalized spacial score (nSPS) is 12.4. The lowest BCUT2D eigenvalue weighted by Crippen LogP contribution is -2.00. The number of aliphatic hydroxyl groups excluding tert-OH is 1. The lowest BCUT2D eigenvalue weighted by molar-refractivity contribution is 0.0690. The molecule has 144 valence electrons. The standard InChI is InChI=1S/C20H35NO3S/c1-2-3-4-5-6-7-8-9-10-11-12-13-14-15-18(22)19-21-17(16-25-19)20(23)24/h16,18,22H,2-15H2,1H3,(H,23,24). The molecule has 0 spiro atoms. The van der Waals surface area contributed by atoms with E-state index in [0.717, 1.165) is 12.8 Å². The van der Waals surface area contributed by atoms with Crippen LogP contribution in [0.4, 0.5) is 0 Å². The first-order chi connectivity index (χ1) is 12.1. The Morgan fingerprint density at radius 2 is 1.44 bits per heavy atom. The van der Waals surface area contributed by atoms with Crippen molar-refractivity contribution in [2.75, 3.05) is 0 Å². The van der Waals surface area contributed by atoms with Gasteiger partial charge in [0.2, 0.25) is 0 Å². The summed E-state index contributed by atoms with van der Waals surface area (Å²) in [4.78, 5) is 14.7. The highest BCUT2D eigenvalue weighted by Gasteiger charge is 2.14. The van der Waals surface area contributed by atoms with Gasteiger partial charge in [0, 0.05) is 5.38 Å². The molecule has 5 heteroatoms. The first-order valence-corrected chi connectivity index (χ1v) is 10.9. The number of nitrogens with zero attached hydrogens (tertiary/aromatic N) is 1. The molecule has 25 heavy (non-hydrogen) atoms. The number of rotatable bonds is 16. The molecule has 0 saturated carbocycles. The topological polar surface area (TPSA) is 70.4 Å². The van der Waals surface area contributed by atoms with E-state index in [0.29, 0.717) is 11.4 Å². The molecule has 0 fully saturated rings. The van der Waals surface area contributed by atoms with Crippen molar-refractivity contribution in [2.45, 2.75) is 103 Å². The van der Waals surface area contributed by atoms with E-state index in [-0.39, 0.29) is 5.69 Å². The van der Waals surface area contributed by atoms with Crippen molar-refractivity contribution in [1.29, 1.82) is 0 Å². The highest BCUT2D eigenvalue weighted by Crippen LogP contribution is 2.23. The Kier molecular flexibility index (Phi) is 12.6. The highest BCUT2D eigenvalue weighted by atomic mass is 32.1. The van der Waals surface area contributed by atoms with Gasteiger partial charge in [-0.3, -0.25) is 0 Å². The second-order valence-electron chi connectivity index (χ2n) is 6.92. The summed E-state index contributed by atoms with van der Waals surface area (Å²) in [5.74, 6) is -1.03. The van der Waals surface area contributed by atoms with Crippen molar-refractivity contribution in [3.63, 3.8) is 0 Å². The molecule has 0 aliphatic rings. The van der Waals surface area contributed by atoms with Gasteiger partial charge in [-0.1, -0.05) is 90.4 Å². The van der Waals surface area contributed by atoms with E-state index in [4.69, 9.17) is 5.11 Å². The molecular weight excluding hydrogens is 334 g/mol. The maximum Gasteiger partial charge on any atom is 0.355 e. The smallest absolute Gasteiger partial charge is 0.355 e. The number of unbranched alkanes of at least 4 members (excludes halogenated alkanes) is 12. The number of carboxylic acid groups (broad SMARTS) is 1. The van der Waals surface area contributed by atoms with Gasteiger partial charge < -0.3 is 10.2 Å². The molecule has 0 amide bonds. The third-order valence-corrected chi connectivity index (χ3v) is 5.55. The van der Waals surface area contributed by atoms with Crippen molar-refractivity contribution in [2.24, 2.45) is 0 Å².